The van der Waals surface area contributed by atoms with E-state index in [2.05, 4.69) is 46.5 Å². The Morgan fingerprint density at radius 1 is 1.18 bits per heavy atom. The second-order valence-corrected chi connectivity index (χ2v) is 5.38. The van der Waals surface area contributed by atoms with Crippen LogP contribution in [-0.2, 0) is 6.54 Å². The molecule has 2 heterocycles. The van der Waals surface area contributed by atoms with Crippen molar-refractivity contribution in [1.82, 2.24) is 24.5 Å². The van der Waals surface area contributed by atoms with Crippen LogP contribution in [0.3, 0.4) is 0 Å². The number of hydrogen-bond donors (Lipinski definition) is 1. The highest BCUT2D eigenvalue weighted by Crippen LogP contribution is 2.19. The molecule has 22 heavy (non-hydrogen) atoms. The van der Waals surface area contributed by atoms with Gasteiger partial charge in [-0.25, -0.2) is 9.67 Å². The Balaban J connectivity index is 1.64. The van der Waals surface area contributed by atoms with Crippen molar-refractivity contribution < 1.29 is 0 Å². The topological polar surface area (TPSA) is 60.6 Å². The quantitative estimate of drug-likeness (QED) is 0.759. The number of aromatic nitrogens is 5. The van der Waals surface area contributed by atoms with Gasteiger partial charge in [-0.05, 0) is 32.4 Å². The SMILES string of the molecule is Cc1c(N[C@@H](C)CCn2cncn2)cnn1-c1ccccc1. The van der Waals surface area contributed by atoms with Gasteiger partial charge in [0.15, 0.2) is 0 Å². The molecule has 0 radical (unpaired) electrons. The standard InChI is InChI=1S/C16H20N6/c1-13(8-9-21-12-17-11-19-21)20-16-10-18-22(14(16)2)15-6-4-3-5-7-15/h3-7,10-13,20H,8-9H2,1-2H3/t13-/m0/s1. The summed E-state index contributed by atoms with van der Waals surface area (Å²) in [5.74, 6) is 0. The zero-order chi connectivity index (χ0) is 15.4. The van der Waals surface area contributed by atoms with E-state index >= 15 is 0 Å². The largest absolute Gasteiger partial charge is 0.380 e. The summed E-state index contributed by atoms with van der Waals surface area (Å²) in [4.78, 5) is 3.95. The van der Waals surface area contributed by atoms with Crippen molar-refractivity contribution in [1.29, 1.82) is 0 Å². The predicted molar refractivity (Wildman–Crippen MR) is 86.0 cm³/mol. The Labute approximate surface area is 129 Å². The van der Waals surface area contributed by atoms with E-state index in [9.17, 15) is 0 Å². The van der Waals surface area contributed by atoms with Gasteiger partial charge in [0, 0.05) is 12.6 Å². The third-order valence-electron chi connectivity index (χ3n) is 3.67. The minimum Gasteiger partial charge on any atom is -0.380 e. The second-order valence-electron chi connectivity index (χ2n) is 5.38. The Morgan fingerprint density at radius 2 is 2.00 bits per heavy atom. The van der Waals surface area contributed by atoms with Crippen LogP contribution in [0.5, 0.6) is 0 Å². The molecule has 0 unspecified atom stereocenters. The molecule has 1 aromatic carbocycles. The van der Waals surface area contributed by atoms with Gasteiger partial charge in [0.1, 0.15) is 12.7 Å². The van der Waals surface area contributed by atoms with Crippen molar-refractivity contribution in [3.05, 3.63) is 54.9 Å². The molecule has 0 fully saturated rings. The van der Waals surface area contributed by atoms with Crippen molar-refractivity contribution in [2.45, 2.75) is 32.9 Å². The van der Waals surface area contributed by atoms with Crippen LogP contribution in [0.25, 0.3) is 5.69 Å². The van der Waals surface area contributed by atoms with Crippen LogP contribution in [-0.4, -0.2) is 30.6 Å². The fourth-order valence-corrected chi connectivity index (χ4v) is 2.39. The van der Waals surface area contributed by atoms with Gasteiger partial charge >= 0.3 is 0 Å². The van der Waals surface area contributed by atoms with Crippen LogP contribution in [0.1, 0.15) is 19.0 Å². The molecular formula is C16H20N6. The van der Waals surface area contributed by atoms with Gasteiger partial charge in [-0.15, -0.1) is 0 Å². The van der Waals surface area contributed by atoms with E-state index in [-0.39, 0.29) is 0 Å². The summed E-state index contributed by atoms with van der Waals surface area (Å²) in [7, 11) is 0. The smallest absolute Gasteiger partial charge is 0.137 e. The maximum Gasteiger partial charge on any atom is 0.137 e. The lowest BCUT2D eigenvalue weighted by Crippen LogP contribution is -2.18. The fraction of sp³-hybridized carbons (Fsp3) is 0.312. The maximum atomic E-state index is 4.48. The zero-order valence-corrected chi connectivity index (χ0v) is 12.8. The van der Waals surface area contributed by atoms with Gasteiger partial charge in [-0.2, -0.15) is 10.2 Å². The highest BCUT2D eigenvalue weighted by Gasteiger charge is 2.10. The third-order valence-corrected chi connectivity index (χ3v) is 3.67. The third kappa shape index (κ3) is 3.16. The predicted octanol–water partition coefficient (Wildman–Crippen LogP) is 2.66. The van der Waals surface area contributed by atoms with E-state index in [1.165, 1.54) is 0 Å². The minimum atomic E-state index is 0.330. The number of aryl methyl sites for hydroxylation is 1. The summed E-state index contributed by atoms with van der Waals surface area (Å²) in [5.41, 5.74) is 3.25. The van der Waals surface area contributed by atoms with Gasteiger partial charge < -0.3 is 5.32 Å². The first-order chi connectivity index (χ1) is 10.7. The molecule has 1 atom stereocenters. The number of nitrogens with zero attached hydrogens (tertiary/aromatic N) is 5. The molecule has 0 saturated carbocycles. The first kappa shape index (κ1) is 14.3. The monoisotopic (exact) mass is 296 g/mol. The fourth-order valence-electron chi connectivity index (χ4n) is 2.39. The zero-order valence-electron chi connectivity index (χ0n) is 12.8. The Bertz CT molecular complexity index is 702. The van der Waals surface area contributed by atoms with Gasteiger partial charge in [0.05, 0.1) is 23.3 Å². The van der Waals surface area contributed by atoms with Gasteiger partial charge in [0.2, 0.25) is 0 Å². The van der Waals surface area contributed by atoms with Crippen LogP contribution >= 0.6 is 0 Å². The average Bonchev–Trinajstić information content (AvgIpc) is 3.17. The van der Waals surface area contributed by atoms with E-state index in [0.29, 0.717) is 6.04 Å². The lowest BCUT2D eigenvalue weighted by molar-refractivity contribution is 0.544. The molecule has 0 aliphatic carbocycles. The minimum absolute atomic E-state index is 0.330. The summed E-state index contributed by atoms with van der Waals surface area (Å²) in [5, 5.41) is 12.1. The van der Waals surface area contributed by atoms with Crippen molar-refractivity contribution >= 4 is 5.69 Å². The molecule has 0 aliphatic heterocycles. The number of anilines is 1. The number of para-hydroxylation sites is 1. The first-order valence-electron chi connectivity index (χ1n) is 7.43. The molecule has 0 bridgehead atoms. The number of benzene rings is 1. The molecule has 3 aromatic rings. The lowest BCUT2D eigenvalue weighted by Gasteiger charge is -2.14. The van der Waals surface area contributed by atoms with Crippen molar-refractivity contribution in [3.63, 3.8) is 0 Å². The first-order valence-corrected chi connectivity index (χ1v) is 7.43. The van der Waals surface area contributed by atoms with Crippen LogP contribution in [0.2, 0.25) is 0 Å². The Kier molecular flexibility index (Phi) is 4.18. The normalized spacial score (nSPS) is 12.3. The number of hydrogen-bond acceptors (Lipinski definition) is 4. The van der Waals surface area contributed by atoms with Crippen molar-refractivity contribution in [3.8, 4) is 5.69 Å². The van der Waals surface area contributed by atoms with E-state index in [0.717, 1.165) is 30.0 Å². The second kappa shape index (κ2) is 6.43. The maximum absolute atomic E-state index is 4.48. The molecule has 2 aromatic heterocycles. The summed E-state index contributed by atoms with van der Waals surface area (Å²) in [6, 6.07) is 10.5. The molecule has 114 valence electrons. The van der Waals surface area contributed by atoms with E-state index in [4.69, 9.17) is 0 Å². The van der Waals surface area contributed by atoms with E-state index in [1.54, 1.807) is 12.7 Å². The summed E-state index contributed by atoms with van der Waals surface area (Å²) in [6.07, 6.45) is 6.16. The molecule has 6 heteroatoms. The summed E-state index contributed by atoms with van der Waals surface area (Å²) >= 11 is 0. The molecule has 0 saturated heterocycles. The van der Waals surface area contributed by atoms with Crippen molar-refractivity contribution in [2.24, 2.45) is 0 Å². The van der Waals surface area contributed by atoms with Crippen LogP contribution in [0, 0.1) is 6.92 Å². The Morgan fingerprint density at radius 3 is 2.73 bits per heavy atom. The highest BCUT2D eigenvalue weighted by molar-refractivity contribution is 5.49. The number of rotatable bonds is 6. The van der Waals surface area contributed by atoms with Gasteiger partial charge in [-0.3, -0.25) is 4.68 Å². The van der Waals surface area contributed by atoms with Gasteiger partial charge in [-0.1, -0.05) is 18.2 Å². The van der Waals surface area contributed by atoms with Crippen molar-refractivity contribution in [2.75, 3.05) is 5.32 Å². The lowest BCUT2D eigenvalue weighted by atomic mass is 10.2. The molecule has 3 rings (SSSR count). The van der Waals surface area contributed by atoms with E-state index in [1.807, 2.05) is 33.8 Å². The molecule has 1 N–H and O–H groups in total. The van der Waals surface area contributed by atoms with E-state index < -0.39 is 0 Å². The molecule has 6 nitrogen and oxygen atoms in total. The van der Waals surface area contributed by atoms with Crippen LogP contribution in [0.4, 0.5) is 5.69 Å². The molecule has 0 amide bonds. The highest BCUT2D eigenvalue weighted by atomic mass is 15.3. The number of nitrogens with one attached hydrogen (secondary N) is 1. The Hall–Kier alpha value is -2.63. The molecular weight excluding hydrogens is 276 g/mol. The average molecular weight is 296 g/mol. The molecule has 0 spiro atoms. The van der Waals surface area contributed by atoms with Gasteiger partial charge in [0.25, 0.3) is 0 Å². The van der Waals surface area contributed by atoms with Crippen LogP contribution in [0.15, 0.2) is 49.2 Å². The van der Waals surface area contributed by atoms with Crippen LogP contribution < -0.4 is 5.32 Å². The molecule has 0 aliphatic rings. The summed E-state index contributed by atoms with van der Waals surface area (Å²) < 4.78 is 3.80. The summed E-state index contributed by atoms with van der Waals surface area (Å²) in [6.45, 7) is 5.09.